The zero-order valence-corrected chi connectivity index (χ0v) is 10.7. The van der Waals surface area contributed by atoms with Crippen LogP contribution >= 0.6 is 0 Å². The highest BCUT2D eigenvalue weighted by Gasteiger charge is 2.03. The molecule has 2 N–H and O–H groups in total. The molecule has 0 aliphatic heterocycles. The molecule has 0 radical (unpaired) electrons. The summed E-state index contributed by atoms with van der Waals surface area (Å²) in [6.45, 7) is 0.732. The number of benzene rings is 1. The quantitative estimate of drug-likeness (QED) is 0.694. The number of nitrogens with one attached hydrogen (secondary N) is 2. The predicted octanol–water partition coefficient (Wildman–Crippen LogP) is 1.93. The fourth-order valence-electron chi connectivity index (χ4n) is 1.94. The second-order valence-corrected chi connectivity index (χ2v) is 4.34. The Balaban J connectivity index is 1.55. The first kappa shape index (κ1) is 12.5. The van der Waals surface area contributed by atoms with Gasteiger partial charge in [-0.1, -0.05) is 0 Å². The van der Waals surface area contributed by atoms with Crippen molar-refractivity contribution in [1.29, 1.82) is 0 Å². The molecule has 0 bridgehead atoms. The van der Waals surface area contributed by atoms with Crippen LogP contribution in [0.3, 0.4) is 0 Å². The molecule has 0 amide bonds. The van der Waals surface area contributed by atoms with E-state index in [1.807, 2.05) is 0 Å². The average molecular weight is 272 g/mol. The molecule has 0 spiro atoms. The Labute approximate surface area is 114 Å². The van der Waals surface area contributed by atoms with Crippen LogP contribution in [0.4, 0.5) is 10.3 Å². The third kappa shape index (κ3) is 2.87. The summed E-state index contributed by atoms with van der Waals surface area (Å²) in [5.74, 6) is 1.15. The smallest absolute Gasteiger partial charge is 0.225 e. The van der Waals surface area contributed by atoms with Gasteiger partial charge in [0.15, 0.2) is 0 Å². The van der Waals surface area contributed by atoms with Crippen LogP contribution in [0, 0.1) is 5.82 Å². The summed E-state index contributed by atoms with van der Waals surface area (Å²) in [6, 6.07) is 4.54. The molecule has 2 heterocycles. The van der Waals surface area contributed by atoms with Crippen LogP contribution in [0.5, 0.6) is 0 Å². The standard InChI is InChI=1S/C13H13FN6/c14-9-3-4-10-11(6-9)20-12(19-10)2-1-5-16-13-17-7-15-8-18-13/h3-4,6-8H,1-2,5H2,(H,19,20)(H,15,16,17,18). The van der Waals surface area contributed by atoms with Gasteiger partial charge in [0, 0.05) is 13.0 Å². The van der Waals surface area contributed by atoms with E-state index in [1.54, 1.807) is 6.07 Å². The van der Waals surface area contributed by atoms with E-state index >= 15 is 0 Å². The minimum absolute atomic E-state index is 0.260. The molecule has 102 valence electrons. The Hall–Kier alpha value is -2.57. The molecule has 0 saturated heterocycles. The van der Waals surface area contributed by atoms with Gasteiger partial charge in [-0.15, -0.1) is 0 Å². The summed E-state index contributed by atoms with van der Waals surface area (Å²) in [4.78, 5) is 19.2. The Morgan fingerprint density at radius 1 is 1.20 bits per heavy atom. The number of hydrogen-bond donors (Lipinski definition) is 2. The summed E-state index contributed by atoms with van der Waals surface area (Å²) < 4.78 is 13.1. The molecular formula is C13H13FN6. The molecule has 20 heavy (non-hydrogen) atoms. The van der Waals surface area contributed by atoms with Gasteiger partial charge in [0.1, 0.15) is 24.3 Å². The summed E-state index contributed by atoms with van der Waals surface area (Å²) in [5.41, 5.74) is 1.51. The number of nitrogens with zero attached hydrogens (tertiary/aromatic N) is 4. The lowest BCUT2D eigenvalue weighted by Gasteiger charge is -2.02. The number of hydrogen-bond acceptors (Lipinski definition) is 5. The largest absolute Gasteiger partial charge is 0.354 e. The topological polar surface area (TPSA) is 79.4 Å². The average Bonchev–Trinajstić information content (AvgIpc) is 2.86. The summed E-state index contributed by atoms with van der Waals surface area (Å²) >= 11 is 0. The maximum Gasteiger partial charge on any atom is 0.225 e. The molecule has 2 aromatic heterocycles. The van der Waals surface area contributed by atoms with Gasteiger partial charge in [-0.05, 0) is 24.6 Å². The lowest BCUT2D eigenvalue weighted by molar-refractivity contribution is 0.629. The van der Waals surface area contributed by atoms with Crippen molar-refractivity contribution in [1.82, 2.24) is 24.9 Å². The molecule has 0 aliphatic rings. The third-order valence-corrected chi connectivity index (χ3v) is 2.86. The van der Waals surface area contributed by atoms with E-state index in [0.717, 1.165) is 36.2 Å². The van der Waals surface area contributed by atoms with Crippen LogP contribution in [-0.2, 0) is 6.42 Å². The first-order chi connectivity index (χ1) is 9.81. The van der Waals surface area contributed by atoms with E-state index < -0.39 is 0 Å². The van der Waals surface area contributed by atoms with Gasteiger partial charge in [-0.25, -0.2) is 24.3 Å². The number of aromatic amines is 1. The number of rotatable bonds is 5. The fourth-order valence-corrected chi connectivity index (χ4v) is 1.94. The molecule has 7 heteroatoms. The molecule has 1 aromatic carbocycles. The second kappa shape index (κ2) is 5.60. The van der Waals surface area contributed by atoms with Gasteiger partial charge in [-0.2, -0.15) is 0 Å². The Morgan fingerprint density at radius 2 is 2.05 bits per heavy atom. The monoisotopic (exact) mass is 272 g/mol. The Bertz CT molecular complexity index is 696. The molecule has 0 aliphatic carbocycles. The van der Waals surface area contributed by atoms with E-state index in [2.05, 4.69) is 30.2 Å². The first-order valence-corrected chi connectivity index (χ1v) is 6.31. The molecule has 6 nitrogen and oxygen atoms in total. The SMILES string of the molecule is Fc1ccc2nc(CCCNc3ncncn3)[nH]c2c1. The van der Waals surface area contributed by atoms with Crippen molar-refractivity contribution in [2.75, 3.05) is 11.9 Å². The van der Waals surface area contributed by atoms with Crippen LogP contribution in [0.1, 0.15) is 12.2 Å². The van der Waals surface area contributed by atoms with Gasteiger partial charge in [0.25, 0.3) is 0 Å². The molecule has 0 fully saturated rings. The molecule has 3 rings (SSSR count). The minimum Gasteiger partial charge on any atom is -0.354 e. The van der Waals surface area contributed by atoms with E-state index in [0.29, 0.717) is 5.95 Å². The van der Waals surface area contributed by atoms with Crippen LogP contribution in [0.2, 0.25) is 0 Å². The van der Waals surface area contributed by atoms with E-state index in [9.17, 15) is 4.39 Å². The van der Waals surface area contributed by atoms with Crippen molar-refractivity contribution in [3.63, 3.8) is 0 Å². The number of halogens is 1. The zero-order valence-electron chi connectivity index (χ0n) is 10.7. The van der Waals surface area contributed by atoms with Crippen LogP contribution in [0.25, 0.3) is 11.0 Å². The van der Waals surface area contributed by atoms with E-state index in [4.69, 9.17) is 0 Å². The fraction of sp³-hybridized carbons (Fsp3) is 0.231. The number of fused-ring (bicyclic) bond motifs is 1. The number of anilines is 1. The van der Waals surface area contributed by atoms with E-state index in [-0.39, 0.29) is 5.82 Å². The summed E-state index contributed by atoms with van der Waals surface area (Å²) in [7, 11) is 0. The first-order valence-electron chi connectivity index (χ1n) is 6.31. The van der Waals surface area contributed by atoms with Crippen molar-refractivity contribution < 1.29 is 4.39 Å². The number of imidazole rings is 1. The van der Waals surface area contributed by atoms with Gasteiger partial charge in [0.2, 0.25) is 5.95 Å². The summed E-state index contributed by atoms with van der Waals surface area (Å²) in [5, 5.41) is 3.09. The number of aromatic nitrogens is 5. The zero-order chi connectivity index (χ0) is 13.8. The summed E-state index contributed by atoms with van der Waals surface area (Å²) in [6.07, 6.45) is 4.54. The third-order valence-electron chi connectivity index (χ3n) is 2.86. The van der Waals surface area contributed by atoms with Crippen molar-refractivity contribution in [3.05, 3.63) is 42.5 Å². The van der Waals surface area contributed by atoms with Crippen LogP contribution in [-0.4, -0.2) is 31.5 Å². The highest BCUT2D eigenvalue weighted by Crippen LogP contribution is 2.13. The maximum atomic E-state index is 13.1. The predicted molar refractivity (Wildman–Crippen MR) is 72.7 cm³/mol. The Morgan fingerprint density at radius 3 is 2.90 bits per heavy atom. The van der Waals surface area contributed by atoms with Crippen molar-refractivity contribution >= 4 is 17.0 Å². The highest BCUT2D eigenvalue weighted by molar-refractivity contribution is 5.74. The normalized spacial score (nSPS) is 10.8. The van der Waals surface area contributed by atoms with Crippen LogP contribution in [0.15, 0.2) is 30.9 Å². The molecule has 3 aromatic rings. The van der Waals surface area contributed by atoms with Gasteiger partial charge in [-0.3, -0.25) is 0 Å². The second-order valence-electron chi connectivity index (χ2n) is 4.34. The number of aryl methyl sites for hydroxylation is 1. The maximum absolute atomic E-state index is 13.1. The molecule has 0 saturated carbocycles. The van der Waals surface area contributed by atoms with Crippen molar-refractivity contribution in [3.8, 4) is 0 Å². The number of H-pyrrole nitrogens is 1. The minimum atomic E-state index is -0.260. The molecule has 0 unspecified atom stereocenters. The lowest BCUT2D eigenvalue weighted by Crippen LogP contribution is -2.06. The van der Waals surface area contributed by atoms with Gasteiger partial charge in [0.05, 0.1) is 11.0 Å². The lowest BCUT2D eigenvalue weighted by atomic mass is 10.3. The molecular weight excluding hydrogens is 259 g/mol. The van der Waals surface area contributed by atoms with E-state index in [1.165, 1.54) is 24.8 Å². The molecule has 0 atom stereocenters. The van der Waals surface area contributed by atoms with Gasteiger partial charge < -0.3 is 10.3 Å². The van der Waals surface area contributed by atoms with Crippen molar-refractivity contribution in [2.45, 2.75) is 12.8 Å². The highest BCUT2D eigenvalue weighted by atomic mass is 19.1. The van der Waals surface area contributed by atoms with Crippen molar-refractivity contribution in [2.24, 2.45) is 0 Å². The van der Waals surface area contributed by atoms with Crippen LogP contribution < -0.4 is 5.32 Å². The Kier molecular flexibility index (Phi) is 3.49. The van der Waals surface area contributed by atoms with Gasteiger partial charge >= 0.3 is 0 Å².